The van der Waals surface area contributed by atoms with Gasteiger partial charge in [0.2, 0.25) is 0 Å². The molecule has 2 atom stereocenters. The topological polar surface area (TPSA) is 83.4 Å². The van der Waals surface area contributed by atoms with Gasteiger partial charge in [0, 0.05) is 25.2 Å². The molecule has 7 nitrogen and oxygen atoms in total. The van der Waals surface area contributed by atoms with Crippen molar-refractivity contribution in [3.8, 4) is 17.2 Å². The summed E-state index contributed by atoms with van der Waals surface area (Å²) in [6.07, 6.45) is 0.713. The number of hydrogen-bond donors (Lipinski definition) is 3. The third kappa shape index (κ3) is 8.85. The number of rotatable bonds is 12. The number of piperidine rings is 1. The molecule has 0 aliphatic carbocycles. The molecule has 9 heteroatoms. The zero-order valence-corrected chi connectivity index (χ0v) is 20.3. The predicted octanol–water partition coefficient (Wildman–Crippen LogP) is 3.24. The van der Waals surface area contributed by atoms with Crippen molar-refractivity contribution in [2.24, 2.45) is 0 Å². The summed E-state index contributed by atoms with van der Waals surface area (Å²) in [5.41, 5.74) is 0. The molecule has 0 saturated carbocycles. The Morgan fingerprint density at radius 2 is 1.52 bits per heavy atom. The van der Waals surface area contributed by atoms with E-state index in [0.717, 1.165) is 31.7 Å². The van der Waals surface area contributed by atoms with Crippen molar-refractivity contribution in [1.82, 2.24) is 10.2 Å². The largest absolute Gasteiger partial charge is 0.497 e. The Morgan fingerprint density at radius 3 is 2.18 bits per heavy atom. The number of hydrogen-bond acceptors (Lipinski definition) is 7. The van der Waals surface area contributed by atoms with Crippen LogP contribution in [0, 0.1) is 0 Å². The number of nitrogens with zero attached hydrogens (tertiary/aromatic N) is 1. The van der Waals surface area contributed by atoms with Crippen LogP contribution in [0.2, 0.25) is 10.0 Å². The van der Waals surface area contributed by atoms with Crippen LogP contribution < -0.4 is 19.5 Å². The number of halogens is 2. The Kier molecular flexibility index (Phi) is 10.4. The highest BCUT2D eigenvalue weighted by Crippen LogP contribution is 2.26. The summed E-state index contributed by atoms with van der Waals surface area (Å²) in [7, 11) is 1.62. The summed E-state index contributed by atoms with van der Waals surface area (Å²) in [6, 6.07) is 12.7. The second-order valence-electron chi connectivity index (χ2n) is 8.16. The summed E-state index contributed by atoms with van der Waals surface area (Å²) in [4.78, 5) is 2.23. The standard InChI is InChI=1S/C24H32Cl2N2O5/c1-31-20-2-4-21(5-3-20)32-15-18(29)13-27-17-8-10-28(11-9-17)14-19(30)16-33-22-6-7-23(25)24(26)12-22/h2-7,12,17-19,27,29-30H,8-11,13-16H2,1H3/t18-,19+/m0/s1. The van der Waals surface area contributed by atoms with Crippen molar-refractivity contribution < 1.29 is 24.4 Å². The molecular weight excluding hydrogens is 467 g/mol. The number of methoxy groups -OCH3 is 1. The maximum atomic E-state index is 10.3. The van der Waals surface area contributed by atoms with Crippen molar-refractivity contribution in [2.75, 3.05) is 46.5 Å². The highest BCUT2D eigenvalue weighted by Gasteiger charge is 2.21. The van der Waals surface area contributed by atoms with Gasteiger partial charge in [0.25, 0.3) is 0 Å². The molecular formula is C24H32Cl2N2O5. The Labute approximate surface area is 205 Å². The SMILES string of the molecule is COc1ccc(OC[C@@H](O)CNC2CCN(C[C@@H](O)COc3ccc(Cl)c(Cl)c3)CC2)cc1. The highest BCUT2D eigenvalue weighted by atomic mass is 35.5. The first-order valence-corrected chi connectivity index (χ1v) is 11.8. The van der Waals surface area contributed by atoms with E-state index in [4.69, 9.17) is 37.4 Å². The van der Waals surface area contributed by atoms with Gasteiger partial charge in [-0.2, -0.15) is 0 Å². The molecule has 1 heterocycles. The summed E-state index contributed by atoms with van der Waals surface area (Å²) in [5.74, 6) is 2.05. The van der Waals surface area contributed by atoms with E-state index >= 15 is 0 Å². The molecule has 0 spiro atoms. The number of aliphatic hydroxyl groups excluding tert-OH is 2. The fraction of sp³-hybridized carbons (Fsp3) is 0.500. The lowest BCUT2D eigenvalue weighted by Gasteiger charge is -2.33. The molecule has 0 amide bonds. The summed E-state index contributed by atoms with van der Waals surface area (Å²) in [5, 5.41) is 24.8. The molecule has 0 aromatic heterocycles. The van der Waals surface area contributed by atoms with Crippen LogP contribution in [-0.4, -0.2) is 79.9 Å². The van der Waals surface area contributed by atoms with Gasteiger partial charge in [-0.15, -0.1) is 0 Å². The van der Waals surface area contributed by atoms with E-state index in [2.05, 4.69) is 10.2 Å². The van der Waals surface area contributed by atoms with Crippen LogP contribution in [0.3, 0.4) is 0 Å². The van der Waals surface area contributed by atoms with E-state index in [9.17, 15) is 10.2 Å². The van der Waals surface area contributed by atoms with Crippen LogP contribution >= 0.6 is 23.2 Å². The minimum Gasteiger partial charge on any atom is -0.497 e. The number of β-amino-alcohol motifs (C(OH)–C–C–N with tert-alkyl or cyclic N) is 1. The zero-order valence-electron chi connectivity index (χ0n) is 18.8. The summed E-state index contributed by atoms with van der Waals surface area (Å²) >= 11 is 11.9. The van der Waals surface area contributed by atoms with E-state index in [1.807, 2.05) is 24.3 Å². The molecule has 1 saturated heterocycles. The minimum atomic E-state index is -0.596. The first-order chi connectivity index (χ1) is 15.9. The molecule has 1 aliphatic heterocycles. The zero-order chi connectivity index (χ0) is 23.6. The van der Waals surface area contributed by atoms with Gasteiger partial charge in [0.15, 0.2) is 0 Å². The van der Waals surface area contributed by atoms with Gasteiger partial charge in [-0.05, 0) is 62.3 Å². The first kappa shape index (κ1) is 25.9. The number of nitrogens with one attached hydrogen (secondary N) is 1. The van der Waals surface area contributed by atoms with Crippen LogP contribution in [0.1, 0.15) is 12.8 Å². The van der Waals surface area contributed by atoms with Gasteiger partial charge in [-0.25, -0.2) is 0 Å². The van der Waals surface area contributed by atoms with Crippen molar-refractivity contribution >= 4 is 23.2 Å². The molecule has 3 rings (SSSR count). The molecule has 2 aromatic rings. The summed E-state index contributed by atoms with van der Waals surface area (Å²) in [6.45, 7) is 3.19. The normalized spacial score (nSPS) is 16.9. The second-order valence-corrected chi connectivity index (χ2v) is 8.98. The maximum Gasteiger partial charge on any atom is 0.121 e. The minimum absolute atomic E-state index is 0.191. The lowest BCUT2D eigenvalue weighted by molar-refractivity contribution is 0.0556. The van der Waals surface area contributed by atoms with Gasteiger partial charge < -0.3 is 34.6 Å². The first-order valence-electron chi connectivity index (χ1n) is 11.1. The quantitative estimate of drug-likeness (QED) is 0.414. The Morgan fingerprint density at radius 1 is 0.909 bits per heavy atom. The number of ether oxygens (including phenoxy) is 3. The van der Waals surface area contributed by atoms with Crippen molar-refractivity contribution in [3.05, 3.63) is 52.5 Å². The third-order valence-electron chi connectivity index (χ3n) is 5.53. The third-order valence-corrected chi connectivity index (χ3v) is 6.27. The molecule has 2 aromatic carbocycles. The lowest BCUT2D eigenvalue weighted by atomic mass is 10.0. The van der Waals surface area contributed by atoms with E-state index in [-0.39, 0.29) is 13.2 Å². The van der Waals surface area contributed by atoms with Gasteiger partial charge in [0.1, 0.15) is 42.7 Å². The number of benzene rings is 2. The molecule has 33 heavy (non-hydrogen) atoms. The van der Waals surface area contributed by atoms with E-state index < -0.39 is 12.2 Å². The monoisotopic (exact) mass is 498 g/mol. The molecule has 3 N–H and O–H groups in total. The van der Waals surface area contributed by atoms with Crippen LogP contribution in [0.25, 0.3) is 0 Å². The predicted molar refractivity (Wildman–Crippen MR) is 130 cm³/mol. The van der Waals surface area contributed by atoms with Gasteiger partial charge >= 0.3 is 0 Å². The van der Waals surface area contributed by atoms with Gasteiger partial charge in [-0.3, -0.25) is 0 Å². The summed E-state index contributed by atoms with van der Waals surface area (Å²) < 4.78 is 16.4. The molecule has 1 aliphatic rings. The van der Waals surface area contributed by atoms with Gasteiger partial charge in [0.05, 0.1) is 17.2 Å². The average Bonchev–Trinajstić information content (AvgIpc) is 2.83. The Balaban J connectivity index is 1.27. The molecule has 1 fully saturated rings. The van der Waals surface area contributed by atoms with E-state index in [0.29, 0.717) is 40.7 Å². The van der Waals surface area contributed by atoms with E-state index in [1.165, 1.54) is 0 Å². The van der Waals surface area contributed by atoms with Crippen LogP contribution in [0.15, 0.2) is 42.5 Å². The van der Waals surface area contributed by atoms with Crippen molar-refractivity contribution in [2.45, 2.75) is 31.1 Å². The van der Waals surface area contributed by atoms with Crippen molar-refractivity contribution in [1.29, 1.82) is 0 Å². The van der Waals surface area contributed by atoms with Crippen LogP contribution in [0.4, 0.5) is 0 Å². The van der Waals surface area contributed by atoms with Crippen LogP contribution in [0.5, 0.6) is 17.2 Å². The van der Waals surface area contributed by atoms with Gasteiger partial charge in [-0.1, -0.05) is 23.2 Å². The number of aliphatic hydroxyl groups is 2. The van der Waals surface area contributed by atoms with E-state index in [1.54, 1.807) is 25.3 Å². The lowest BCUT2D eigenvalue weighted by Crippen LogP contribution is -2.47. The molecule has 0 bridgehead atoms. The smallest absolute Gasteiger partial charge is 0.121 e. The maximum absolute atomic E-state index is 10.3. The van der Waals surface area contributed by atoms with Crippen molar-refractivity contribution in [3.63, 3.8) is 0 Å². The Bertz CT molecular complexity index is 847. The second kappa shape index (κ2) is 13.2. The van der Waals surface area contributed by atoms with Crippen LogP contribution in [-0.2, 0) is 0 Å². The molecule has 0 unspecified atom stereocenters. The average molecular weight is 499 g/mol. The fourth-order valence-corrected chi connectivity index (χ4v) is 3.94. The fourth-order valence-electron chi connectivity index (χ4n) is 3.66. The highest BCUT2D eigenvalue weighted by molar-refractivity contribution is 6.42. The molecule has 0 radical (unpaired) electrons. The molecule has 182 valence electrons. The Hall–Kier alpha value is -1.74. The number of likely N-dealkylation sites (tertiary alicyclic amines) is 1.